The van der Waals surface area contributed by atoms with E-state index in [2.05, 4.69) is 4.98 Å². The first-order chi connectivity index (χ1) is 5.59. The summed E-state index contributed by atoms with van der Waals surface area (Å²) in [6, 6.07) is 3.30. The summed E-state index contributed by atoms with van der Waals surface area (Å²) in [5, 5.41) is 0. The highest BCUT2D eigenvalue weighted by Gasteiger charge is 2.03. The molecule has 1 heterocycles. The molecule has 1 aromatic rings. The molecule has 0 radical (unpaired) electrons. The van der Waals surface area contributed by atoms with Crippen LogP contribution in [0.1, 0.15) is 13.8 Å². The summed E-state index contributed by atoms with van der Waals surface area (Å²) in [5.41, 5.74) is 0. The lowest BCUT2D eigenvalue weighted by Crippen LogP contribution is -2.07. The Morgan fingerprint density at radius 3 is 2.67 bits per heavy atom. The predicted molar refractivity (Wildman–Crippen MR) is 52.7 cm³/mol. The third kappa shape index (κ3) is 2.58. The third-order valence-corrected chi connectivity index (χ3v) is 1.94. The normalized spacial score (nSPS) is 10.4. The molecule has 0 aromatic carbocycles. The molecular formula is C8H9FINO. The number of nitrogens with zero attached hydrogens (tertiary/aromatic N) is 1. The van der Waals surface area contributed by atoms with Crippen LogP contribution in [0.5, 0.6) is 5.88 Å². The van der Waals surface area contributed by atoms with Crippen LogP contribution < -0.4 is 4.74 Å². The number of rotatable bonds is 2. The Balaban J connectivity index is 2.82. The van der Waals surface area contributed by atoms with Crippen LogP contribution in [0.3, 0.4) is 0 Å². The van der Waals surface area contributed by atoms with Crippen molar-refractivity contribution in [2.45, 2.75) is 20.0 Å². The number of ether oxygens (including phenoxy) is 1. The Kier molecular flexibility index (Phi) is 3.25. The number of hydrogen-bond acceptors (Lipinski definition) is 2. The average Bonchev–Trinajstić information content (AvgIpc) is 1.96. The zero-order valence-electron chi connectivity index (χ0n) is 6.84. The molecule has 2 nitrogen and oxygen atoms in total. The minimum Gasteiger partial charge on any atom is -0.475 e. The Morgan fingerprint density at radius 2 is 2.17 bits per heavy atom. The summed E-state index contributed by atoms with van der Waals surface area (Å²) >= 11 is 1.88. The topological polar surface area (TPSA) is 22.1 Å². The molecule has 0 spiro atoms. The highest BCUT2D eigenvalue weighted by atomic mass is 127. The summed E-state index contributed by atoms with van der Waals surface area (Å²) in [5.74, 6) is -0.142. The van der Waals surface area contributed by atoms with E-state index < -0.39 is 5.95 Å². The highest BCUT2D eigenvalue weighted by Crippen LogP contribution is 2.14. The Morgan fingerprint density at radius 1 is 1.50 bits per heavy atom. The minimum absolute atomic E-state index is 0.0250. The zero-order valence-corrected chi connectivity index (χ0v) is 9.00. The van der Waals surface area contributed by atoms with Gasteiger partial charge in [0, 0.05) is 6.07 Å². The molecule has 0 aliphatic rings. The maximum absolute atomic E-state index is 12.8. The monoisotopic (exact) mass is 281 g/mol. The fourth-order valence-electron chi connectivity index (χ4n) is 0.708. The SMILES string of the molecule is CC(C)Oc1ccc(I)c(F)n1. The molecule has 0 aliphatic carbocycles. The van der Waals surface area contributed by atoms with E-state index in [0.717, 1.165) is 0 Å². The molecule has 4 heteroatoms. The molecule has 0 atom stereocenters. The number of aromatic nitrogens is 1. The van der Waals surface area contributed by atoms with Gasteiger partial charge in [-0.1, -0.05) is 0 Å². The molecule has 0 N–H and O–H groups in total. The molecule has 0 saturated carbocycles. The van der Waals surface area contributed by atoms with Crippen molar-refractivity contribution in [3.8, 4) is 5.88 Å². The van der Waals surface area contributed by atoms with E-state index in [9.17, 15) is 4.39 Å². The van der Waals surface area contributed by atoms with Crippen molar-refractivity contribution >= 4 is 22.6 Å². The third-order valence-electron chi connectivity index (χ3n) is 1.13. The molecule has 1 rings (SSSR count). The van der Waals surface area contributed by atoms with Gasteiger partial charge in [0.05, 0.1) is 9.67 Å². The molecule has 66 valence electrons. The second-order valence-electron chi connectivity index (χ2n) is 2.59. The molecule has 0 amide bonds. The quantitative estimate of drug-likeness (QED) is 0.614. The van der Waals surface area contributed by atoms with Gasteiger partial charge in [0.25, 0.3) is 0 Å². The van der Waals surface area contributed by atoms with Gasteiger partial charge in [0.2, 0.25) is 11.8 Å². The van der Waals surface area contributed by atoms with Gasteiger partial charge in [-0.05, 0) is 42.5 Å². The van der Waals surface area contributed by atoms with Crippen LogP contribution in [0.25, 0.3) is 0 Å². The van der Waals surface area contributed by atoms with E-state index >= 15 is 0 Å². The molecule has 0 aliphatic heterocycles. The van der Waals surface area contributed by atoms with Crippen LogP contribution in [0.2, 0.25) is 0 Å². The van der Waals surface area contributed by atoms with Crippen LogP contribution >= 0.6 is 22.6 Å². The average molecular weight is 281 g/mol. The summed E-state index contributed by atoms with van der Waals surface area (Å²) in [6.45, 7) is 3.75. The van der Waals surface area contributed by atoms with Crippen LogP contribution in [-0.2, 0) is 0 Å². The van der Waals surface area contributed by atoms with Crippen LogP contribution in [0, 0.1) is 9.52 Å². The van der Waals surface area contributed by atoms with Crippen molar-refractivity contribution in [1.29, 1.82) is 0 Å². The largest absolute Gasteiger partial charge is 0.475 e. The van der Waals surface area contributed by atoms with Crippen molar-refractivity contribution in [3.05, 3.63) is 21.7 Å². The van der Waals surface area contributed by atoms with E-state index in [0.29, 0.717) is 9.45 Å². The first kappa shape index (κ1) is 9.70. The summed E-state index contributed by atoms with van der Waals surface area (Å²) in [7, 11) is 0. The second-order valence-corrected chi connectivity index (χ2v) is 3.75. The highest BCUT2D eigenvalue weighted by molar-refractivity contribution is 14.1. The van der Waals surface area contributed by atoms with E-state index in [1.807, 2.05) is 36.4 Å². The van der Waals surface area contributed by atoms with Crippen molar-refractivity contribution in [2.24, 2.45) is 0 Å². The Hall–Kier alpha value is -0.390. The van der Waals surface area contributed by atoms with Gasteiger partial charge in [0.1, 0.15) is 0 Å². The maximum atomic E-state index is 12.8. The van der Waals surface area contributed by atoms with E-state index in [1.54, 1.807) is 12.1 Å². The molecule has 0 saturated heterocycles. The van der Waals surface area contributed by atoms with Crippen LogP contribution in [0.15, 0.2) is 12.1 Å². The molecule has 12 heavy (non-hydrogen) atoms. The van der Waals surface area contributed by atoms with Gasteiger partial charge in [-0.3, -0.25) is 0 Å². The first-order valence-corrected chi connectivity index (χ1v) is 4.66. The lowest BCUT2D eigenvalue weighted by atomic mass is 10.4. The fraction of sp³-hybridized carbons (Fsp3) is 0.375. The summed E-state index contributed by atoms with van der Waals surface area (Å²) < 4.78 is 18.5. The minimum atomic E-state index is -0.478. The van der Waals surface area contributed by atoms with Crippen molar-refractivity contribution in [2.75, 3.05) is 0 Å². The van der Waals surface area contributed by atoms with Crippen molar-refractivity contribution < 1.29 is 9.13 Å². The molecular weight excluding hydrogens is 272 g/mol. The smallest absolute Gasteiger partial charge is 0.229 e. The molecule has 0 unspecified atom stereocenters. The number of pyridine rings is 1. The first-order valence-electron chi connectivity index (χ1n) is 3.58. The van der Waals surface area contributed by atoms with Gasteiger partial charge in [-0.2, -0.15) is 9.37 Å². The lowest BCUT2D eigenvalue weighted by molar-refractivity contribution is 0.229. The van der Waals surface area contributed by atoms with E-state index in [-0.39, 0.29) is 6.10 Å². The summed E-state index contributed by atoms with van der Waals surface area (Å²) in [6.07, 6.45) is 0.0250. The Bertz CT molecular complexity index is 278. The second kappa shape index (κ2) is 4.02. The molecule has 0 bridgehead atoms. The van der Waals surface area contributed by atoms with Gasteiger partial charge >= 0.3 is 0 Å². The zero-order chi connectivity index (χ0) is 9.14. The van der Waals surface area contributed by atoms with Crippen molar-refractivity contribution in [3.63, 3.8) is 0 Å². The molecule has 0 fully saturated rings. The van der Waals surface area contributed by atoms with Crippen LogP contribution in [0.4, 0.5) is 4.39 Å². The summed E-state index contributed by atoms with van der Waals surface area (Å²) in [4.78, 5) is 3.62. The fourth-order valence-corrected chi connectivity index (χ4v) is 1.01. The lowest BCUT2D eigenvalue weighted by Gasteiger charge is -2.07. The van der Waals surface area contributed by atoms with Crippen molar-refractivity contribution in [1.82, 2.24) is 4.98 Å². The standard InChI is InChI=1S/C8H9FINO/c1-5(2)12-7-4-3-6(10)8(9)11-7/h3-5H,1-2H3. The Labute approximate surface area is 84.3 Å². The molecule has 1 aromatic heterocycles. The van der Waals surface area contributed by atoms with Gasteiger partial charge in [-0.25, -0.2) is 0 Å². The van der Waals surface area contributed by atoms with Crippen LogP contribution in [-0.4, -0.2) is 11.1 Å². The number of halogens is 2. The maximum Gasteiger partial charge on any atom is 0.229 e. The van der Waals surface area contributed by atoms with Gasteiger partial charge < -0.3 is 4.74 Å². The van der Waals surface area contributed by atoms with Gasteiger partial charge in [-0.15, -0.1) is 0 Å². The number of hydrogen-bond donors (Lipinski definition) is 0. The van der Waals surface area contributed by atoms with Gasteiger partial charge in [0.15, 0.2) is 0 Å². The predicted octanol–water partition coefficient (Wildman–Crippen LogP) is 2.61. The van der Waals surface area contributed by atoms with E-state index in [4.69, 9.17) is 4.74 Å². The van der Waals surface area contributed by atoms with E-state index in [1.165, 1.54) is 0 Å².